The normalized spacial score (nSPS) is 14.8. The van der Waals surface area contributed by atoms with Crippen LogP contribution in [0.1, 0.15) is 26.2 Å². The van der Waals surface area contributed by atoms with E-state index < -0.39 is 5.97 Å². The third-order valence-electron chi connectivity index (χ3n) is 5.48. The molecule has 3 rings (SSSR count). The van der Waals surface area contributed by atoms with Crippen LogP contribution in [-0.4, -0.2) is 47.6 Å². The zero-order chi connectivity index (χ0) is 25.2. The number of likely N-dealkylation sites (tertiary alicyclic amines) is 1. The maximum absolute atomic E-state index is 12.8. The Labute approximate surface area is 207 Å². The minimum absolute atomic E-state index is 0.0217. The van der Waals surface area contributed by atoms with E-state index >= 15 is 0 Å². The molecular weight excluding hydrogens is 466 g/mol. The van der Waals surface area contributed by atoms with Gasteiger partial charge in [0.15, 0.2) is 5.57 Å². The highest BCUT2D eigenvalue weighted by Crippen LogP contribution is 2.14. The molecular formula is C25H29N5O4S. The van der Waals surface area contributed by atoms with E-state index in [-0.39, 0.29) is 28.3 Å². The quantitative estimate of drug-likeness (QED) is 0.380. The van der Waals surface area contributed by atoms with Gasteiger partial charge in [-0.2, -0.15) is 5.26 Å². The van der Waals surface area contributed by atoms with E-state index in [1.807, 2.05) is 6.07 Å². The third-order valence-corrected chi connectivity index (χ3v) is 6.61. The highest BCUT2D eigenvalue weighted by Gasteiger charge is 2.16. The fraction of sp³-hybridized carbons (Fsp3) is 0.360. The predicted octanol–water partition coefficient (Wildman–Crippen LogP) is 1.61. The average molecular weight is 496 g/mol. The number of amides is 1. The summed E-state index contributed by atoms with van der Waals surface area (Å²) in [6, 6.07) is 9.00. The van der Waals surface area contributed by atoms with Crippen LogP contribution < -0.4 is 25.4 Å². The van der Waals surface area contributed by atoms with Gasteiger partial charge in [-0.25, -0.2) is 4.79 Å². The fourth-order valence-corrected chi connectivity index (χ4v) is 4.75. The Bertz CT molecular complexity index is 1280. The van der Waals surface area contributed by atoms with Crippen molar-refractivity contribution in [3.63, 3.8) is 0 Å². The van der Waals surface area contributed by atoms with Gasteiger partial charge >= 0.3 is 5.97 Å². The number of nitriles is 1. The van der Waals surface area contributed by atoms with Crippen molar-refractivity contribution in [2.75, 3.05) is 36.9 Å². The van der Waals surface area contributed by atoms with Crippen LogP contribution in [0.5, 0.6) is 0 Å². The van der Waals surface area contributed by atoms with E-state index in [2.05, 4.69) is 22.1 Å². The van der Waals surface area contributed by atoms with Crippen molar-refractivity contribution in [3.8, 4) is 6.07 Å². The molecule has 1 aromatic heterocycles. The molecule has 0 aliphatic carbocycles. The maximum atomic E-state index is 12.8. The van der Waals surface area contributed by atoms with Gasteiger partial charge < -0.3 is 20.3 Å². The molecule has 1 saturated heterocycles. The van der Waals surface area contributed by atoms with E-state index in [0.29, 0.717) is 28.9 Å². The number of esters is 1. The number of hydrogen-bond acceptors (Lipinski definition) is 8. The molecule has 35 heavy (non-hydrogen) atoms. The number of rotatable bonds is 10. The van der Waals surface area contributed by atoms with Crippen molar-refractivity contribution in [1.82, 2.24) is 9.47 Å². The van der Waals surface area contributed by atoms with Crippen molar-refractivity contribution in [3.05, 3.63) is 56.5 Å². The summed E-state index contributed by atoms with van der Waals surface area (Å²) in [7, 11) is 0. The van der Waals surface area contributed by atoms with Gasteiger partial charge in [0.25, 0.3) is 5.56 Å². The van der Waals surface area contributed by atoms with Gasteiger partial charge in [-0.15, -0.1) is 11.3 Å². The summed E-state index contributed by atoms with van der Waals surface area (Å²) in [6.07, 6.45) is 5.80. The lowest BCUT2D eigenvalue weighted by Gasteiger charge is -2.14. The first kappa shape index (κ1) is 25.9. The monoisotopic (exact) mass is 495 g/mol. The Morgan fingerprint density at radius 1 is 1.23 bits per heavy atom. The van der Waals surface area contributed by atoms with Gasteiger partial charge in [-0.3, -0.25) is 14.2 Å². The minimum atomic E-state index is -0.798. The molecule has 184 valence electrons. The summed E-state index contributed by atoms with van der Waals surface area (Å²) in [6.45, 7) is 8.41. The number of ether oxygens (including phenoxy) is 1. The van der Waals surface area contributed by atoms with Crippen molar-refractivity contribution < 1.29 is 14.3 Å². The standard InChI is InChI=1S/C25H29N5O4S/c1-3-15-34-25(33)20(16-26)24-30(4-2)23(32)21(35-24)17-27-18-7-9-19(10-8-18)28-22(31)11-14-29-12-5-6-13-29/h3,7-10,17,27H,1,4-6,11-15H2,2H3,(H,28,31). The molecule has 1 aromatic carbocycles. The number of carbonyl (C=O) groups excluding carboxylic acids is 2. The number of hydrogen-bond donors (Lipinski definition) is 2. The number of benzene rings is 1. The second-order valence-electron chi connectivity index (χ2n) is 7.91. The molecule has 9 nitrogen and oxygen atoms in total. The van der Waals surface area contributed by atoms with Gasteiger partial charge in [-0.1, -0.05) is 12.7 Å². The molecule has 2 heterocycles. The summed E-state index contributed by atoms with van der Waals surface area (Å²) in [4.78, 5) is 39.5. The SMILES string of the molecule is C=CCOC(=O)C(C#N)=c1sc(=CNc2ccc(NC(=O)CCN3CCCC3)cc2)c(=O)n1CC. The van der Waals surface area contributed by atoms with Gasteiger partial charge in [0.1, 0.15) is 21.9 Å². The first-order chi connectivity index (χ1) is 17.0. The summed E-state index contributed by atoms with van der Waals surface area (Å²) in [5, 5.41) is 15.4. The zero-order valence-corrected chi connectivity index (χ0v) is 20.5. The minimum Gasteiger partial charge on any atom is -0.457 e. The van der Waals surface area contributed by atoms with E-state index in [0.717, 1.165) is 31.0 Å². The highest BCUT2D eigenvalue weighted by molar-refractivity contribution is 7.07. The Balaban J connectivity index is 1.71. The largest absolute Gasteiger partial charge is 0.457 e. The predicted molar refractivity (Wildman–Crippen MR) is 137 cm³/mol. The molecule has 1 amide bonds. The average Bonchev–Trinajstić information content (AvgIpc) is 3.49. The van der Waals surface area contributed by atoms with Crippen LogP contribution in [0.2, 0.25) is 0 Å². The number of anilines is 2. The lowest BCUT2D eigenvalue weighted by Crippen LogP contribution is -2.32. The Morgan fingerprint density at radius 2 is 1.91 bits per heavy atom. The van der Waals surface area contributed by atoms with E-state index in [1.165, 1.54) is 29.7 Å². The van der Waals surface area contributed by atoms with E-state index in [1.54, 1.807) is 31.2 Å². The number of nitrogens with zero attached hydrogens (tertiary/aromatic N) is 3. The molecule has 0 radical (unpaired) electrons. The first-order valence-corrected chi connectivity index (χ1v) is 12.3. The Hall–Kier alpha value is -3.68. The molecule has 0 bridgehead atoms. The molecule has 2 N–H and O–H groups in total. The summed E-state index contributed by atoms with van der Waals surface area (Å²) >= 11 is 1.04. The van der Waals surface area contributed by atoms with Crippen LogP contribution in [0, 0.1) is 11.3 Å². The van der Waals surface area contributed by atoms with Gasteiger partial charge in [-0.05, 0) is 57.1 Å². The first-order valence-electron chi connectivity index (χ1n) is 11.5. The van der Waals surface area contributed by atoms with Crippen molar-refractivity contribution in [2.45, 2.75) is 32.7 Å². The van der Waals surface area contributed by atoms with Crippen LogP contribution in [-0.2, 0) is 20.9 Å². The zero-order valence-electron chi connectivity index (χ0n) is 19.7. The lowest BCUT2D eigenvalue weighted by molar-refractivity contribution is -0.135. The number of nitrogens with one attached hydrogen (secondary N) is 2. The third kappa shape index (κ3) is 6.91. The second-order valence-corrected chi connectivity index (χ2v) is 8.94. The molecule has 10 heteroatoms. The molecule has 0 atom stereocenters. The molecule has 0 unspecified atom stereocenters. The van der Waals surface area contributed by atoms with Crippen LogP contribution in [0.25, 0.3) is 11.8 Å². The van der Waals surface area contributed by atoms with E-state index in [4.69, 9.17) is 4.74 Å². The number of carbonyl (C=O) groups is 2. The van der Waals surface area contributed by atoms with Crippen molar-refractivity contribution >= 4 is 46.4 Å². The van der Waals surface area contributed by atoms with Crippen LogP contribution in [0.3, 0.4) is 0 Å². The molecule has 1 fully saturated rings. The Kier molecular flexibility index (Phi) is 9.40. The molecule has 1 aliphatic heterocycles. The lowest BCUT2D eigenvalue weighted by atomic mass is 10.2. The van der Waals surface area contributed by atoms with Gasteiger partial charge in [0, 0.05) is 37.1 Å². The van der Waals surface area contributed by atoms with Crippen LogP contribution in [0.4, 0.5) is 11.4 Å². The second kappa shape index (κ2) is 12.7. The van der Waals surface area contributed by atoms with Crippen molar-refractivity contribution in [1.29, 1.82) is 5.26 Å². The van der Waals surface area contributed by atoms with Gasteiger partial charge in [0.2, 0.25) is 5.91 Å². The number of aromatic nitrogens is 1. The fourth-order valence-electron chi connectivity index (χ4n) is 3.67. The van der Waals surface area contributed by atoms with Gasteiger partial charge in [0.05, 0.1) is 0 Å². The van der Waals surface area contributed by atoms with Crippen LogP contribution in [0.15, 0.2) is 41.7 Å². The molecule has 0 saturated carbocycles. The smallest absolute Gasteiger partial charge is 0.352 e. The van der Waals surface area contributed by atoms with E-state index in [9.17, 15) is 19.6 Å². The molecule has 1 aliphatic rings. The topological polar surface area (TPSA) is 116 Å². The molecule has 0 spiro atoms. The molecule has 2 aromatic rings. The summed E-state index contributed by atoms with van der Waals surface area (Å²) < 4.78 is 6.92. The number of thiazole rings is 1. The maximum Gasteiger partial charge on any atom is 0.352 e. The van der Waals surface area contributed by atoms with Crippen molar-refractivity contribution in [2.24, 2.45) is 0 Å². The summed E-state index contributed by atoms with van der Waals surface area (Å²) in [5.74, 6) is -0.819. The summed E-state index contributed by atoms with van der Waals surface area (Å²) in [5.41, 5.74) is 0.874. The highest BCUT2D eigenvalue weighted by atomic mass is 32.1. The Morgan fingerprint density at radius 3 is 2.54 bits per heavy atom. The van der Waals surface area contributed by atoms with Crippen LogP contribution >= 0.6 is 11.3 Å².